The Morgan fingerprint density at radius 2 is 1.33 bits per heavy atom. The van der Waals surface area contributed by atoms with E-state index in [0.717, 1.165) is 0 Å². The molecule has 0 spiro atoms. The topological polar surface area (TPSA) is 70.2 Å². The standard InChI is InChI=1S/C13H19F6N3O2/c1-10(2)5-6(20-8(23)12(14,15)16)7(11(3,4)22-10)21-9(24)13(17,18)19/h6-7,22H,5H2,1-4H3,(H,20,23)(H,21,24). The van der Waals surface area contributed by atoms with Crippen LogP contribution in [0.1, 0.15) is 34.1 Å². The van der Waals surface area contributed by atoms with Crippen molar-refractivity contribution in [2.45, 2.75) is 69.6 Å². The smallest absolute Gasteiger partial charge is 0.343 e. The molecule has 0 aliphatic carbocycles. The van der Waals surface area contributed by atoms with Gasteiger partial charge in [-0.1, -0.05) is 0 Å². The molecule has 2 unspecified atom stereocenters. The van der Waals surface area contributed by atoms with Crippen LogP contribution >= 0.6 is 0 Å². The Labute approximate surface area is 134 Å². The molecule has 1 saturated heterocycles. The molecule has 24 heavy (non-hydrogen) atoms. The first-order valence-electron chi connectivity index (χ1n) is 7.00. The van der Waals surface area contributed by atoms with Crippen molar-refractivity contribution in [2.75, 3.05) is 0 Å². The highest BCUT2D eigenvalue weighted by molar-refractivity contribution is 5.83. The SMILES string of the molecule is CC1(C)CC(NC(=O)C(F)(F)F)C(NC(=O)C(F)(F)F)C(C)(C)N1. The van der Waals surface area contributed by atoms with E-state index in [0.29, 0.717) is 0 Å². The second kappa shape index (κ2) is 6.08. The maximum Gasteiger partial charge on any atom is 0.471 e. The lowest BCUT2D eigenvalue weighted by molar-refractivity contribution is -0.178. The Kier molecular flexibility index (Phi) is 5.20. The van der Waals surface area contributed by atoms with Crippen molar-refractivity contribution in [2.24, 2.45) is 0 Å². The van der Waals surface area contributed by atoms with Gasteiger partial charge < -0.3 is 16.0 Å². The van der Waals surface area contributed by atoms with Crippen LogP contribution in [0.15, 0.2) is 0 Å². The Balaban J connectivity index is 3.11. The summed E-state index contributed by atoms with van der Waals surface area (Å²) in [5, 5.41) is 6.34. The van der Waals surface area contributed by atoms with Crippen molar-refractivity contribution in [3.8, 4) is 0 Å². The third-order valence-corrected chi connectivity index (χ3v) is 3.69. The first-order valence-corrected chi connectivity index (χ1v) is 7.00. The minimum Gasteiger partial charge on any atom is -0.343 e. The van der Waals surface area contributed by atoms with Gasteiger partial charge >= 0.3 is 24.2 Å². The lowest BCUT2D eigenvalue weighted by Gasteiger charge is -2.52. The maximum atomic E-state index is 12.5. The molecule has 0 radical (unpaired) electrons. The first-order chi connectivity index (χ1) is 10.5. The fourth-order valence-electron chi connectivity index (χ4n) is 3.06. The Hall–Kier alpha value is -1.52. The van der Waals surface area contributed by atoms with E-state index in [1.807, 2.05) is 0 Å². The van der Waals surface area contributed by atoms with Crippen LogP contribution in [0.2, 0.25) is 0 Å². The van der Waals surface area contributed by atoms with Gasteiger partial charge in [0.05, 0.1) is 12.1 Å². The highest BCUT2D eigenvalue weighted by Crippen LogP contribution is 2.31. The van der Waals surface area contributed by atoms with E-state index in [-0.39, 0.29) is 6.42 Å². The molecule has 0 bridgehead atoms. The number of alkyl halides is 6. The summed E-state index contributed by atoms with van der Waals surface area (Å²) in [6.45, 7) is 6.12. The predicted molar refractivity (Wildman–Crippen MR) is 71.9 cm³/mol. The molecule has 5 nitrogen and oxygen atoms in total. The van der Waals surface area contributed by atoms with Gasteiger partial charge in [0.1, 0.15) is 0 Å². The molecule has 1 heterocycles. The summed E-state index contributed by atoms with van der Waals surface area (Å²) in [6.07, 6.45) is -10.5. The number of hydrogen-bond acceptors (Lipinski definition) is 3. The van der Waals surface area contributed by atoms with E-state index in [9.17, 15) is 35.9 Å². The van der Waals surface area contributed by atoms with E-state index in [1.54, 1.807) is 24.5 Å². The molecule has 3 N–H and O–H groups in total. The van der Waals surface area contributed by atoms with Crippen molar-refractivity contribution in [1.29, 1.82) is 0 Å². The zero-order valence-corrected chi connectivity index (χ0v) is 13.4. The third-order valence-electron chi connectivity index (χ3n) is 3.69. The number of carbonyl (C=O) groups is 2. The molecule has 1 aliphatic heterocycles. The zero-order chi connectivity index (χ0) is 19.1. The van der Waals surface area contributed by atoms with Gasteiger partial charge in [-0.2, -0.15) is 26.3 Å². The second-order valence-corrected chi connectivity index (χ2v) is 6.96. The van der Waals surface area contributed by atoms with Gasteiger partial charge in [-0.05, 0) is 34.1 Å². The summed E-state index contributed by atoms with van der Waals surface area (Å²) in [5.74, 6) is -4.56. The molecule has 0 saturated carbocycles. The van der Waals surface area contributed by atoms with E-state index in [2.05, 4.69) is 5.32 Å². The quantitative estimate of drug-likeness (QED) is 0.653. The van der Waals surface area contributed by atoms with Crippen LogP contribution in [-0.4, -0.2) is 47.3 Å². The van der Waals surface area contributed by atoms with Crippen molar-refractivity contribution in [3.63, 3.8) is 0 Å². The summed E-state index contributed by atoms with van der Waals surface area (Å²) in [5.41, 5.74) is -1.97. The average Bonchev–Trinajstić information content (AvgIpc) is 2.28. The molecule has 2 atom stereocenters. The third kappa shape index (κ3) is 4.99. The maximum absolute atomic E-state index is 12.5. The van der Waals surface area contributed by atoms with Crippen LogP contribution in [0.4, 0.5) is 26.3 Å². The molecular formula is C13H19F6N3O2. The van der Waals surface area contributed by atoms with Crippen molar-refractivity contribution < 1.29 is 35.9 Å². The van der Waals surface area contributed by atoms with Gasteiger partial charge in [0.2, 0.25) is 0 Å². The molecule has 1 aliphatic rings. The summed E-state index contributed by atoms with van der Waals surface area (Å²) < 4.78 is 74.9. The van der Waals surface area contributed by atoms with E-state index in [1.165, 1.54) is 13.8 Å². The molecule has 0 aromatic heterocycles. The van der Waals surface area contributed by atoms with E-state index in [4.69, 9.17) is 0 Å². The Morgan fingerprint density at radius 3 is 1.75 bits per heavy atom. The molecule has 0 aromatic carbocycles. The summed E-state index contributed by atoms with van der Waals surface area (Å²) in [4.78, 5) is 22.4. The van der Waals surface area contributed by atoms with Crippen molar-refractivity contribution in [3.05, 3.63) is 0 Å². The van der Waals surface area contributed by atoms with Crippen LogP contribution in [0.25, 0.3) is 0 Å². The number of piperidine rings is 1. The molecule has 2 amide bonds. The molecule has 1 rings (SSSR count). The zero-order valence-electron chi connectivity index (χ0n) is 13.4. The van der Waals surface area contributed by atoms with Gasteiger partial charge in [0.15, 0.2) is 0 Å². The van der Waals surface area contributed by atoms with E-state index < -0.39 is 47.3 Å². The van der Waals surface area contributed by atoms with Crippen molar-refractivity contribution in [1.82, 2.24) is 16.0 Å². The molecule has 11 heteroatoms. The van der Waals surface area contributed by atoms with Crippen molar-refractivity contribution >= 4 is 11.8 Å². The minimum absolute atomic E-state index is 0.110. The van der Waals surface area contributed by atoms with Gasteiger partial charge in [0, 0.05) is 11.1 Å². The monoisotopic (exact) mass is 363 g/mol. The minimum atomic E-state index is -5.19. The van der Waals surface area contributed by atoms with Crippen LogP contribution in [0.3, 0.4) is 0 Å². The van der Waals surface area contributed by atoms with Gasteiger partial charge in [-0.25, -0.2) is 0 Å². The molecular weight excluding hydrogens is 344 g/mol. The van der Waals surface area contributed by atoms with Crippen LogP contribution in [-0.2, 0) is 9.59 Å². The predicted octanol–water partition coefficient (Wildman–Crippen LogP) is 1.63. The number of hydrogen-bond donors (Lipinski definition) is 3. The highest BCUT2D eigenvalue weighted by Gasteiger charge is 2.51. The lowest BCUT2D eigenvalue weighted by Crippen LogP contribution is -2.75. The van der Waals surface area contributed by atoms with Crippen LogP contribution in [0, 0.1) is 0 Å². The molecule has 140 valence electrons. The number of halogens is 6. The van der Waals surface area contributed by atoms with E-state index >= 15 is 0 Å². The number of carbonyl (C=O) groups excluding carboxylic acids is 2. The second-order valence-electron chi connectivity index (χ2n) is 6.96. The number of amides is 2. The number of rotatable bonds is 2. The number of nitrogens with one attached hydrogen (secondary N) is 3. The fraction of sp³-hybridized carbons (Fsp3) is 0.846. The molecule has 1 fully saturated rings. The molecule has 0 aromatic rings. The lowest BCUT2D eigenvalue weighted by atomic mass is 9.75. The summed E-state index contributed by atoms with van der Waals surface area (Å²) in [6, 6.07) is -2.73. The highest BCUT2D eigenvalue weighted by atomic mass is 19.4. The van der Waals surface area contributed by atoms with Gasteiger partial charge in [-0.3, -0.25) is 9.59 Å². The summed E-state index contributed by atoms with van der Waals surface area (Å²) in [7, 11) is 0. The first kappa shape index (κ1) is 20.5. The van der Waals surface area contributed by atoms with Gasteiger partial charge in [-0.15, -0.1) is 0 Å². The Morgan fingerprint density at radius 1 is 0.917 bits per heavy atom. The van der Waals surface area contributed by atoms with Crippen LogP contribution in [0.5, 0.6) is 0 Å². The van der Waals surface area contributed by atoms with Crippen LogP contribution < -0.4 is 16.0 Å². The summed E-state index contributed by atoms with van der Waals surface area (Å²) >= 11 is 0. The normalized spacial score (nSPS) is 26.6. The average molecular weight is 363 g/mol. The largest absolute Gasteiger partial charge is 0.471 e. The van der Waals surface area contributed by atoms with Gasteiger partial charge in [0.25, 0.3) is 0 Å². The Bertz CT molecular complexity index is 513. The fourth-order valence-corrected chi connectivity index (χ4v) is 3.06.